The number of carbonyl (C=O) groups excluding carboxylic acids is 3. The highest BCUT2D eigenvalue weighted by Gasteiger charge is 2.32. The van der Waals surface area contributed by atoms with E-state index in [1.807, 2.05) is 4.90 Å². The van der Waals surface area contributed by atoms with E-state index in [1.54, 1.807) is 4.90 Å². The molecule has 1 N–H and O–H groups in total. The predicted molar refractivity (Wildman–Crippen MR) is 87.6 cm³/mol. The first-order valence-corrected chi connectivity index (χ1v) is 8.91. The molecule has 0 bridgehead atoms. The Morgan fingerprint density at radius 3 is 2.22 bits per heavy atom. The van der Waals surface area contributed by atoms with Crippen molar-refractivity contribution >= 4 is 18.2 Å². The van der Waals surface area contributed by atoms with Gasteiger partial charge in [0, 0.05) is 44.6 Å². The van der Waals surface area contributed by atoms with Crippen LogP contribution < -0.4 is 5.32 Å². The molecule has 1 aliphatic heterocycles. The molecule has 1 heterocycles. The molecule has 2 aliphatic rings. The Kier molecular flexibility index (Phi) is 6.86. The molecule has 23 heavy (non-hydrogen) atoms. The summed E-state index contributed by atoms with van der Waals surface area (Å²) in [4.78, 5) is 38.9. The van der Waals surface area contributed by atoms with Crippen LogP contribution in [-0.4, -0.2) is 60.7 Å². The summed E-state index contributed by atoms with van der Waals surface area (Å²) in [6.07, 6.45) is 6.18. The molecule has 0 unspecified atom stereocenters. The third kappa shape index (κ3) is 4.94. The van der Waals surface area contributed by atoms with Gasteiger partial charge in [0.2, 0.25) is 18.2 Å². The second-order valence-electron chi connectivity index (χ2n) is 6.66. The lowest BCUT2D eigenvalue weighted by Gasteiger charge is -2.36. The molecule has 0 spiro atoms. The van der Waals surface area contributed by atoms with Crippen molar-refractivity contribution in [3.8, 4) is 0 Å². The van der Waals surface area contributed by atoms with E-state index in [0.717, 1.165) is 51.5 Å². The summed E-state index contributed by atoms with van der Waals surface area (Å²) >= 11 is 0. The van der Waals surface area contributed by atoms with Gasteiger partial charge in [0.1, 0.15) is 0 Å². The Morgan fingerprint density at radius 1 is 1.04 bits per heavy atom. The normalized spacial score (nSPS) is 25.1. The zero-order valence-corrected chi connectivity index (χ0v) is 14.1. The molecule has 6 heteroatoms. The van der Waals surface area contributed by atoms with Gasteiger partial charge in [0.15, 0.2) is 0 Å². The highest BCUT2D eigenvalue weighted by Crippen LogP contribution is 2.30. The summed E-state index contributed by atoms with van der Waals surface area (Å²) in [6.45, 7) is 5.39. The van der Waals surface area contributed by atoms with Crippen LogP contribution in [0.4, 0.5) is 0 Å². The smallest absolute Gasteiger partial charge is 0.225 e. The topological polar surface area (TPSA) is 69.7 Å². The molecular weight excluding hydrogens is 294 g/mol. The van der Waals surface area contributed by atoms with Crippen molar-refractivity contribution in [3.05, 3.63) is 0 Å². The van der Waals surface area contributed by atoms with E-state index < -0.39 is 0 Å². The molecule has 0 radical (unpaired) electrons. The molecule has 2 rings (SSSR count). The summed E-state index contributed by atoms with van der Waals surface area (Å²) in [5.41, 5.74) is 0. The first kappa shape index (κ1) is 17.8. The second kappa shape index (κ2) is 8.89. The number of nitrogens with zero attached hydrogens (tertiary/aromatic N) is 2. The maximum absolute atomic E-state index is 12.6. The highest BCUT2D eigenvalue weighted by atomic mass is 16.2. The van der Waals surface area contributed by atoms with Gasteiger partial charge in [-0.3, -0.25) is 14.4 Å². The van der Waals surface area contributed by atoms with Crippen LogP contribution in [0.2, 0.25) is 0 Å². The quantitative estimate of drug-likeness (QED) is 0.586. The summed E-state index contributed by atoms with van der Waals surface area (Å²) in [5, 5.41) is 3.00. The standard InChI is InChI=1S/C17H29N3O3/c1-2-3-8-18-16(22)14-4-6-15(7-5-14)17(23)20-11-9-19(13-21)10-12-20/h13-15H,2-12H2,1H3,(H,18,22). The van der Waals surface area contributed by atoms with E-state index in [4.69, 9.17) is 0 Å². The lowest BCUT2D eigenvalue weighted by molar-refractivity contribution is -0.141. The molecule has 3 amide bonds. The van der Waals surface area contributed by atoms with Gasteiger partial charge in [-0.15, -0.1) is 0 Å². The van der Waals surface area contributed by atoms with Crippen molar-refractivity contribution in [1.29, 1.82) is 0 Å². The van der Waals surface area contributed by atoms with Crippen LogP contribution >= 0.6 is 0 Å². The number of hydrogen-bond acceptors (Lipinski definition) is 3. The number of amides is 3. The van der Waals surface area contributed by atoms with Gasteiger partial charge in [0.05, 0.1) is 0 Å². The van der Waals surface area contributed by atoms with Gasteiger partial charge in [0.25, 0.3) is 0 Å². The van der Waals surface area contributed by atoms with Crippen molar-refractivity contribution in [1.82, 2.24) is 15.1 Å². The van der Waals surface area contributed by atoms with E-state index >= 15 is 0 Å². The lowest BCUT2D eigenvalue weighted by Crippen LogP contribution is -2.50. The minimum absolute atomic E-state index is 0.0532. The Hall–Kier alpha value is -1.59. The van der Waals surface area contributed by atoms with Crippen LogP contribution in [0.5, 0.6) is 0 Å². The van der Waals surface area contributed by atoms with Crippen molar-refractivity contribution in [3.63, 3.8) is 0 Å². The first-order valence-electron chi connectivity index (χ1n) is 8.91. The molecule has 0 aromatic carbocycles. The van der Waals surface area contributed by atoms with Crippen molar-refractivity contribution in [2.24, 2.45) is 11.8 Å². The Balaban J connectivity index is 1.72. The van der Waals surface area contributed by atoms with Crippen molar-refractivity contribution in [2.75, 3.05) is 32.7 Å². The maximum atomic E-state index is 12.6. The number of hydrogen-bond donors (Lipinski definition) is 1. The number of unbranched alkanes of at least 4 members (excludes halogenated alkanes) is 1. The van der Waals surface area contributed by atoms with Crippen LogP contribution in [0.1, 0.15) is 45.4 Å². The fourth-order valence-electron chi connectivity index (χ4n) is 3.44. The Bertz CT molecular complexity index is 411. The number of piperazine rings is 1. The summed E-state index contributed by atoms with van der Waals surface area (Å²) < 4.78 is 0. The minimum Gasteiger partial charge on any atom is -0.356 e. The molecule has 0 atom stereocenters. The van der Waals surface area contributed by atoms with Crippen LogP contribution in [0.25, 0.3) is 0 Å². The Morgan fingerprint density at radius 2 is 1.65 bits per heavy atom. The third-order valence-corrected chi connectivity index (χ3v) is 5.05. The minimum atomic E-state index is 0.0532. The fourth-order valence-corrected chi connectivity index (χ4v) is 3.44. The van der Waals surface area contributed by atoms with Gasteiger partial charge >= 0.3 is 0 Å². The van der Waals surface area contributed by atoms with Gasteiger partial charge in [-0.25, -0.2) is 0 Å². The monoisotopic (exact) mass is 323 g/mol. The lowest BCUT2D eigenvalue weighted by atomic mass is 9.81. The molecule has 1 saturated heterocycles. The summed E-state index contributed by atoms with van der Waals surface area (Å²) in [7, 11) is 0. The molecule has 0 aromatic heterocycles. The molecule has 1 aliphatic carbocycles. The molecule has 1 saturated carbocycles. The second-order valence-corrected chi connectivity index (χ2v) is 6.66. The van der Waals surface area contributed by atoms with E-state index in [2.05, 4.69) is 12.2 Å². The van der Waals surface area contributed by atoms with Gasteiger partial charge in [-0.1, -0.05) is 13.3 Å². The average Bonchev–Trinajstić information content (AvgIpc) is 2.61. The maximum Gasteiger partial charge on any atom is 0.225 e. The fraction of sp³-hybridized carbons (Fsp3) is 0.824. The van der Waals surface area contributed by atoms with Crippen LogP contribution in [0, 0.1) is 11.8 Å². The van der Waals surface area contributed by atoms with Crippen LogP contribution in [0.15, 0.2) is 0 Å². The van der Waals surface area contributed by atoms with Gasteiger partial charge < -0.3 is 15.1 Å². The molecule has 0 aromatic rings. The van der Waals surface area contributed by atoms with Gasteiger partial charge in [-0.05, 0) is 32.1 Å². The van der Waals surface area contributed by atoms with Crippen molar-refractivity contribution in [2.45, 2.75) is 45.4 Å². The van der Waals surface area contributed by atoms with E-state index in [-0.39, 0.29) is 23.7 Å². The number of carbonyl (C=O) groups is 3. The molecule has 2 fully saturated rings. The van der Waals surface area contributed by atoms with Crippen LogP contribution in [0.3, 0.4) is 0 Å². The molecule has 130 valence electrons. The molecule has 6 nitrogen and oxygen atoms in total. The SMILES string of the molecule is CCCCNC(=O)C1CCC(C(=O)N2CCN(C=O)CC2)CC1. The van der Waals surface area contributed by atoms with Gasteiger partial charge in [-0.2, -0.15) is 0 Å². The highest BCUT2D eigenvalue weighted by molar-refractivity contribution is 5.81. The van der Waals surface area contributed by atoms with E-state index in [9.17, 15) is 14.4 Å². The predicted octanol–water partition coefficient (Wildman–Crippen LogP) is 1.01. The number of rotatable bonds is 6. The first-order chi connectivity index (χ1) is 11.2. The third-order valence-electron chi connectivity index (χ3n) is 5.05. The van der Waals surface area contributed by atoms with Crippen LogP contribution in [-0.2, 0) is 14.4 Å². The summed E-state index contributed by atoms with van der Waals surface area (Å²) in [5.74, 6) is 0.490. The number of nitrogens with one attached hydrogen (secondary N) is 1. The Labute approximate surface area is 138 Å². The van der Waals surface area contributed by atoms with Crippen molar-refractivity contribution < 1.29 is 14.4 Å². The molecular formula is C17H29N3O3. The largest absolute Gasteiger partial charge is 0.356 e. The zero-order chi connectivity index (χ0) is 16.7. The summed E-state index contributed by atoms with van der Waals surface area (Å²) in [6, 6.07) is 0. The zero-order valence-electron chi connectivity index (χ0n) is 14.1. The average molecular weight is 323 g/mol. The van der Waals surface area contributed by atoms with E-state index in [0.29, 0.717) is 26.2 Å². The van der Waals surface area contributed by atoms with E-state index in [1.165, 1.54) is 0 Å².